The second-order valence-electron chi connectivity index (χ2n) is 4.99. The number of rotatable bonds is 4. The van der Waals surface area contributed by atoms with Gasteiger partial charge >= 0.3 is 0 Å². The highest BCUT2D eigenvalue weighted by atomic mass is 16.3. The Morgan fingerprint density at radius 1 is 1.46 bits per heavy atom. The molecule has 1 aliphatic heterocycles. The van der Waals surface area contributed by atoms with Gasteiger partial charge < -0.3 is 10.8 Å². The molecule has 0 aromatic heterocycles. The Labute approximate surface area is 80.9 Å². The molecule has 1 fully saturated rings. The van der Waals surface area contributed by atoms with Crippen LogP contribution in [0.3, 0.4) is 0 Å². The van der Waals surface area contributed by atoms with E-state index in [1.54, 1.807) is 0 Å². The van der Waals surface area contributed by atoms with E-state index in [9.17, 15) is 5.11 Å². The number of nitrogens with two attached hydrogens (primary N) is 1. The molecule has 0 aliphatic carbocycles. The quantitative estimate of drug-likeness (QED) is 0.675. The third-order valence-electron chi connectivity index (χ3n) is 2.82. The monoisotopic (exact) mass is 186 g/mol. The molecule has 0 bridgehead atoms. The summed E-state index contributed by atoms with van der Waals surface area (Å²) in [6.07, 6.45) is 1.87. The highest BCUT2D eigenvalue weighted by molar-refractivity contribution is 4.98. The molecule has 1 rings (SSSR count). The zero-order chi connectivity index (χ0) is 10.1. The lowest BCUT2D eigenvalue weighted by molar-refractivity contribution is 0.0196. The SMILES string of the molecule is CCC1(N)CN(CCC(C)(C)O)C1. The summed E-state index contributed by atoms with van der Waals surface area (Å²) in [7, 11) is 0. The van der Waals surface area contributed by atoms with Crippen LogP contribution in [0.2, 0.25) is 0 Å². The molecule has 0 spiro atoms. The molecule has 0 saturated carbocycles. The van der Waals surface area contributed by atoms with Crippen molar-refractivity contribution >= 4 is 0 Å². The van der Waals surface area contributed by atoms with Crippen LogP contribution < -0.4 is 5.73 Å². The van der Waals surface area contributed by atoms with E-state index in [2.05, 4.69) is 11.8 Å². The predicted molar refractivity (Wildman–Crippen MR) is 54.6 cm³/mol. The van der Waals surface area contributed by atoms with Gasteiger partial charge in [-0.1, -0.05) is 6.92 Å². The van der Waals surface area contributed by atoms with Crippen LogP contribution in [0.25, 0.3) is 0 Å². The molecule has 0 aromatic carbocycles. The summed E-state index contributed by atoms with van der Waals surface area (Å²) < 4.78 is 0. The summed E-state index contributed by atoms with van der Waals surface area (Å²) in [5.41, 5.74) is 5.54. The van der Waals surface area contributed by atoms with Crippen LogP contribution in [0.15, 0.2) is 0 Å². The van der Waals surface area contributed by atoms with Crippen LogP contribution in [0.5, 0.6) is 0 Å². The van der Waals surface area contributed by atoms with Crippen LogP contribution in [0, 0.1) is 0 Å². The summed E-state index contributed by atoms with van der Waals surface area (Å²) in [5.74, 6) is 0. The zero-order valence-electron chi connectivity index (χ0n) is 9.01. The van der Waals surface area contributed by atoms with Gasteiger partial charge in [-0.15, -0.1) is 0 Å². The fourth-order valence-corrected chi connectivity index (χ4v) is 1.66. The molecule has 3 heteroatoms. The average molecular weight is 186 g/mol. The topological polar surface area (TPSA) is 49.5 Å². The molecule has 0 amide bonds. The fourth-order valence-electron chi connectivity index (χ4n) is 1.66. The summed E-state index contributed by atoms with van der Waals surface area (Å²) in [4.78, 5) is 2.31. The third-order valence-corrected chi connectivity index (χ3v) is 2.82. The number of hydrogen-bond acceptors (Lipinski definition) is 3. The fraction of sp³-hybridized carbons (Fsp3) is 1.00. The van der Waals surface area contributed by atoms with Gasteiger partial charge in [0.2, 0.25) is 0 Å². The number of nitrogens with zero attached hydrogens (tertiary/aromatic N) is 1. The molecule has 1 aliphatic rings. The van der Waals surface area contributed by atoms with Crippen molar-refractivity contribution in [3.8, 4) is 0 Å². The summed E-state index contributed by atoms with van der Waals surface area (Å²) in [6, 6.07) is 0. The van der Waals surface area contributed by atoms with Crippen LogP contribution in [0.4, 0.5) is 0 Å². The van der Waals surface area contributed by atoms with E-state index in [4.69, 9.17) is 5.73 Å². The Morgan fingerprint density at radius 3 is 2.38 bits per heavy atom. The molecular formula is C10H22N2O. The Bertz CT molecular complexity index is 168. The van der Waals surface area contributed by atoms with Crippen LogP contribution in [-0.4, -0.2) is 40.8 Å². The van der Waals surface area contributed by atoms with Gasteiger partial charge in [-0.25, -0.2) is 0 Å². The van der Waals surface area contributed by atoms with Crippen molar-refractivity contribution < 1.29 is 5.11 Å². The van der Waals surface area contributed by atoms with Gasteiger partial charge in [-0.3, -0.25) is 4.90 Å². The largest absolute Gasteiger partial charge is 0.390 e. The number of aliphatic hydroxyl groups is 1. The number of likely N-dealkylation sites (tertiary alicyclic amines) is 1. The maximum Gasteiger partial charge on any atom is 0.0603 e. The zero-order valence-corrected chi connectivity index (χ0v) is 9.01. The first-order valence-electron chi connectivity index (χ1n) is 5.08. The molecule has 0 unspecified atom stereocenters. The molecule has 1 heterocycles. The van der Waals surface area contributed by atoms with Gasteiger partial charge in [0.05, 0.1) is 5.60 Å². The molecule has 78 valence electrons. The molecule has 13 heavy (non-hydrogen) atoms. The Morgan fingerprint density at radius 2 is 2.00 bits per heavy atom. The van der Waals surface area contributed by atoms with Crippen molar-refractivity contribution in [1.82, 2.24) is 4.90 Å². The lowest BCUT2D eigenvalue weighted by atomic mass is 9.87. The van der Waals surface area contributed by atoms with Crippen LogP contribution in [-0.2, 0) is 0 Å². The third kappa shape index (κ3) is 3.25. The molecule has 0 radical (unpaired) electrons. The minimum Gasteiger partial charge on any atom is -0.390 e. The Kier molecular flexibility index (Phi) is 3.00. The maximum atomic E-state index is 9.52. The van der Waals surface area contributed by atoms with Crippen molar-refractivity contribution in [2.75, 3.05) is 19.6 Å². The summed E-state index contributed by atoms with van der Waals surface area (Å²) in [6.45, 7) is 8.76. The lowest BCUT2D eigenvalue weighted by Crippen LogP contribution is -2.67. The van der Waals surface area contributed by atoms with E-state index in [1.807, 2.05) is 13.8 Å². The van der Waals surface area contributed by atoms with Gasteiger partial charge in [0.15, 0.2) is 0 Å². The lowest BCUT2D eigenvalue weighted by Gasteiger charge is -2.48. The van der Waals surface area contributed by atoms with Crippen molar-refractivity contribution in [3.63, 3.8) is 0 Å². The van der Waals surface area contributed by atoms with Crippen molar-refractivity contribution in [3.05, 3.63) is 0 Å². The molecule has 0 aromatic rings. The number of hydrogen-bond donors (Lipinski definition) is 2. The molecule has 3 nitrogen and oxygen atoms in total. The first kappa shape index (κ1) is 11.0. The average Bonchev–Trinajstić information content (AvgIpc) is 1.94. The first-order chi connectivity index (χ1) is 5.85. The normalized spacial score (nSPS) is 22.8. The van der Waals surface area contributed by atoms with Gasteiger partial charge in [0.1, 0.15) is 0 Å². The van der Waals surface area contributed by atoms with E-state index < -0.39 is 5.60 Å². The van der Waals surface area contributed by atoms with Crippen molar-refractivity contribution in [1.29, 1.82) is 0 Å². The van der Waals surface area contributed by atoms with E-state index in [0.29, 0.717) is 0 Å². The standard InChI is InChI=1S/C10H22N2O/c1-4-10(11)7-12(8-10)6-5-9(2,3)13/h13H,4-8,11H2,1-3H3. The highest BCUT2D eigenvalue weighted by Gasteiger charge is 2.37. The summed E-state index contributed by atoms with van der Waals surface area (Å²) >= 11 is 0. The van der Waals surface area contributed by atoms with Crippen molar-refractivity contribution in [2.24, 2.45) is 5.73 Å². The summed E-state index contributed by atoms with van der Waals surface area (Å²) in [5, 5.41) is 9.52. The second kappa shape index (κ2) is 3.56. The Hall–Kier alpha value is -0.120. The minimum atomic E-state index is -0.543. The highest BCUT2D eigenvalue weighted by Crippen LogP contribution is 2.22. The second-order valence-corrected chi connectivity index (χ2v) is 4.99. The van der Waals surface area contributed by atoms with Gasteiger partial charge in [0.25, 0.3) is 0 Å². The van der Waals surface area contributed by atoms with Crippen LogP contribution >= 0.6 is 0 Å². The molecular weight excluding hydrogens is 164 g/mol. The first-order valence-corrected chi connectivity index (χ1v) is 5.08. The Balaban J connectivity index is 2.15. The minimum absolute atomic E-state index is 0.0552. The smallest absolute Gasteiger partial charge is 0.0603 e. The van der Waals surface area contributed by atoms with E-state index >= 15 is 0 Å². The molecule has 0 atom stereocenters. The molecule has 3 N–H and O–H groups in total. The van der Waals surface area contributed by atoms with Gasteiger partial charge in [0, 0.05) is 25.2 Å². The van der Waals surface area contributed by atoms with Crippen molar-refractivity contribution in [2.45, 2.75) is 44.8 Å². The van der Waals surface area contributed by atoms with E-state index in [-0.39, 0.29) is 5.54 Å². The van der Waals surface area contributed by atoms with E-state index in [1.165, 1.54) is 0 Å². The maximum absolute atomic E-state index is 9.52. The molecule has 1 saturated heterocycles. The van der Waals surface area contributed by atoms with E-state index in [0.717, 1.165) is 32.5 Å². The predicted octanol–water partition coefficient (Wildman–Crippen LogP) is 0.570. The van der Waals surface area contributed by atoms with Gasteiger partial charge in [-0.05, 0) is 26.7 Å². The van der Waals surface area contributed by atoms with Gasteiger partial charge in [-0.2, -0.15) is 0 Å². The van der Waals surface area contributed by atoms with Crippen LogP contribution in [0.1, 0.15) is 33.6 Å².